The molecule has 0 fully saturated rings. The first-order valence-electron chi connectivity index (χ1n) is 10.6. The molecule has 0 saturated carbocycles. The van der Waals surface area contributed by atoms with Gasteiger partial charge in [0.2, 0.25) is 5.88 Å². The second-order valence-electron chi connectivity index (χ2n) is 8.23. The van der Waals surface area contributed by atoms with E-state index in [0.29, 0.717) is 0 Å². The van der Waals surface area contributed by atoms with Crippen LogP contribution in [0.25, 0.3) is 0 Å². The number of rotatable bonds is 7. The first-order valence-corrected chi connectivity index (χ1v) is 12.1. The maximum atomic E-state index is 12.9. The van der Waals surface area contributed by atoms with Gasteiger partial charge in [0.25, 0.3) is 10.0 Å². The number of anilines is 1. The van der Waals surface area contributed by atoms with E-state index in [2.05, 4.69) is 25.9 Å². The normalized spacial score (nSPS) is 20.6. The molecule has 0 radical (unpaired) electrons. The molecule has 1 aromatic carbocycles. The molecule has 5 rings (SSSR count). The quantitative estimate of drug-likeness (QED) is 0.526. The highest BCUT2D eigenvalue weighted by Crippen LogP contribution is 2.39. The number of aliphatic hydroxyl groups excluding tert-OH is 1. The third-order valence-corrected chi connectivity index (χ3v) is 7.54. The fourth-order valence-corrected chi connectivity index (χ4v) is 5.89. The lowest BCUT2D eigenvalue weighted by Gasteiger charge is -2.25. The van der Waals surface area contributed by atoms with Crippen molar-refractivity contribution in [2.45, 2.75) is 69.0 Å². The van der Waals surface area contributed by atoms with Gasteiger partial charge in [-0.2, -0.15) is 18.6 Å². The number of halogens is 2. The van der Waals surface area contributed by atoms with Gasteiger partial charge >= 0.3 is 6.61 Å². The molecule has 2 heterocycles. The highest BCUT2D eigenvalue weighted by molar-refractivity contribution is 7.89. The Labute approximate surface area is 183 Å². The molecule has 1 aromatic heterocycles. The van der Waals surface area contributed by atoms with Crippen LogP contribution >= 0.6 is 0 Å². The predicted octanol–water partition coefficient (Wildman–Crippen LogP) is 1.53. The lowest BCUT2D eigenvalue weighted by molar-refractivity contribution is -0.179. The summed E-state index contributed by atoms with van der Waals surface area (Å²) in [6, 6.07) is 2.24. The average Bonchev–Trinajstić information content (AvgIpc) is 3.45. The Hall–Kier alpha value is -2.28. The largest absolute Gasteiger partial charge is 0.474 e. The summed E-state index contributed by atoms with van der Waals surface area (Å²) >= 11 is 0. The number of alkyl halides is 2. The lowest BCUT2D eigenvalue weighted by Crippen LogP contribution is -2.41. The Morgan fingerprint density at radius 1 is 1.19 bits per heavy atom. The standard InChI is InChI=1S/C20H24F2N4O5S/c21-19(22)31-13-9-26-18(30-10-13)16(8-23-26)32(28,29)25-20(27)24-17-14-5-1-3-11(14)7-12-4-2-6-15(12)17/h7-8,13,19-20,24-25,27H,1-6,9-10H2. The number of nitrogens with zero attached hydrogens (tertiary/aromatic N) is 2. The SMILES string of the molecule is O=S(=O)(NC(O)Nc1c2c(cc3c1CCC3)CCC2)c1cnn2c1OCC(OC(F)F)C2. The third-order valence-electron chi connectivity index (χ3n) is 6.15. The van der Waals surface area contributed by atoms with Gasteiger partial charge in [-0.15, -0.1) is 0 Å². The van der Waals surface area contributed by atoms with Crippen LogP contribution in [0.5, 0.6) is 5.88 Å². The zero-order chi connectivity index (χ0) is 22.5. The van der Waals surface area contributed by atoms with Crippen molar-refractivity contribution in [3.05, 3.63) is 34.5 Å². The molecule has 174 valence electrons. The van der Waals surface area contributed by atoms with Gasteiger partial charge in [-0.05, 0) is 60.8 Å². The summed E-state index contributed by atoms with van der Waals surface area (Å²) in [5.41, 5.74) is 5.61. The number of nitrogens with one attached hydrogen (secondary N) is 2. The molecule has 2 atom stereocenters. The van der Waals surface area contributed by atoms with Gasteiger partial charge in [0.15, 0.2) is 11.2 Å². The number of sulfonamides is 1. The smallest absolute Gasteiger partial charge is 0.345 e. The number of aryl methyl sites for hydroxylation is 2. The Morgan fingerprint density at radius 2 is 1.88 bits per heavy atom. The number of ether oxygens (including phenoxy) is 2. The third kappa shape index (κ3) is 3.96. The highest BCUT2D eigenvalue weighted by atomic mass is 32.2. The number of hydrogen-bond donors (Lipinski definition) is 3. The molecular formula is C20H24F2N4O5S. The van der Waals surface area contributed by atoms with Gasteiger partial charge in [-0.25, -0.2) is 13.1 Å². The zero-order valence-electron chi connectivity index (χ0n) is 17.2. The molecule has 2 unspecified atom stereocenters. The Kier molecular flexibility index (Phi) is 5.56. The number of fused-ring (bicyclic) bond motifs is 3. The van der Waals surface area contributed by atoms with Crippen molar-refractivity contribution in [3.8, 4) is 5.88 Å². The van der Waals surface area contributed by atoms with Crippen LogP contribution < -0.4 is 14.8 Å². The molecule has 0 amide bonds. The van der Waals surface area contributed by atoms with Crippen LogP contribution in [-0.4, -0.2) is 49.0 Å². The molecule has 1 aliphatic heterocycles. The van der Waals surface area contributed by atoms with Gasteiger partial charge < -0.3 is 19.9 Å². The average molecular weight is 470 g/mol. The van der Waals surface area contributed by atoms with Gasteiger partial charge in [0.1, 0.15) is 12.7 Å². The molecule has 12 heteroatoms. The van der Waals surface area contributed by atoms with Crippen molar-refractivity contribution in [3.63, 3.8) is 0 Å². The van der Waals surface area contributed by atoms with Crippen molar-refractivity contribution in [1.29, 1.82) is 0 Å². The minimum atomic E-state index is -4.21. The van der Waals surface area contributed by atoms with Gasteiger partial charge in [0.05, 0.1) is 12.7 Å². The van der Waals surface area contributed by atoms with E-state index in [1.165, 1.54) is 11.1 Å². The molecule has 32 heavy (non-hydrogen) atoms. The topological polar surface area (TPSA) is 115 Å². The van der Waals surface area contributed by atoms with Crippen LogP contribution in [0.15, 0.2) is 17.2 Å². The van der Waals surface area contributed by atoms with Crippen LogP contribution in [0.1, 0.15) is 35.1 Å². The molecule has 0 spiro atoms. The van der Waals surface area contributed by atoms with Crippen LogP contribution in [0, 0.1) is 0 Å². The van der Waals surface area contributed by atoms with Crippen molar-refractivity contribution >= 4 is 15.7 Å². The van der Waals surface area contributed by atoms with Crippen LogP contribution in [-0.2, 0) is 47.0 Å². The molecule has 2 aromatic rings. The van der Waals surface area contributed by atoms with Crippen molar-refractivity contribution in [1.82, 2.24) is 14.5 Å². The van der Waals surface area contributed by atoms with E-state index >= 15 is 0 Å². The minimum absolute atomic E-state index is 0.0711. The molecule has 2 aliphatic carbocycles. The molecule has 9 nitrogen and oxygen atoms in total. The number of hydrogen-bond acceptors (Lipinski definition) is 7. The summed E-state index contributed by atoms with van der Waals surface area (Å²) in [4.78, 5) is -0.280. The van der Waals surface area contributed by atoms with E-state index in [9.17, 15) is 22.3 Å². The van der Waals surface area contributed by atoms with Crippen molar-refractivity contribution in [2.24, 2.45) is 0 Å². The van der Waals surface area contributed by atoms with Gasteiger partial charge in [-0.1, -0.05) is 6.07 Å². The zero-order valence-corrected chi connectivity index (χ0v) is 18.0. The first kappa shape index (κ1) is 21.6. The summed E-state index contributed by atoms with van der Waals surface area (Å²) in [7, 11) is -4.21. The number of aromatic nitrogens is 2. The Balaban J connectivity index is 1.33. The van der Waals surface area contributed by atoms with E-state index in [4.69, 9.17) is 4.74 Å². The van der Waals surface area contributed by atoms with E-state index in [-0.39, 0.29) is 23.9 Å². The van der Waals surface area contributed by atoms with Crippen LogP contribution in [0.4, 0.5) is 14.5 Å². The predicted molar refractivity (Wildman–Crippen MR) is 109 cm³/mol. The minimum Gasteiger partial charge on any atom is -0.474 e. The van der Waals surface area contributed by atoms with Gasteiger partial charge in [0, 0.05) is 5.69 Å². The molecule has 0 bridgehead atoms. The van der Waals surface area contributed by atoms with Crippen LogP contribution in [0.2, 0.25) is 0 Å². The highest BCUT2D eigenvalue weighted by Gasteiger charge is 2.33. The second-order valence-corrected chi connectivity index (χ2v) is 9.91. The van der Waals surface area contributed by atoms with Crippen molar-refractivity contribution in [2.75, 3.05) is 11.9 Å². The van der Waals surface area contributed by atoms with Crippen molar-refractivity contribution < 1.29 is 31.8 Å². The summed E-state index contributed by atoms with van der Waals surface area (Å²) in [5.74, 6) is -0.0830. The Bertz CT molecular complexity index is 1110. The maximum Gasteiger partial charge on any atom is 0.345 e. The molecule has 3 aliphatic rings. The Morgan fingerprint density at radius 3 is 2.53 bits per heavy atom. The fraction of sp³-hybridized carbons (Fsp3) is 0.550. The summed E-state index contributed by atoms with van der Waals surface area (Å²) in [6.45, 7) is -3.27. The van der Waals surface area contributed by atoms with Crippen LogP contribution in [0.3, 0.4) is 0 Å². The fourth-order valence-electron chi connectivity index (χ4n) is 4.83. The number of benzene rings is 1. The van der Waals surface area contributed by atoms with E-state index in [1.54, 1.807) is 0 Å². The maximum absolute atomic E-state index is 12.9. The number of aliphatic hydroxyl groups is 1. The molecular weight excluding hydrogens is 446 g/mol. The monoisotopic (exact) mass is 470 g/mol. The summed E-state index contributed by atoms with van der Waals surface area (Å²) < 4.78 is 63.8. The first-order chi connectivity index (χ1) is 15.3. The van der Waals surface area contributed by atoms with E-state index < -0.39 is 29.1 Å². The lowest BCUT2D eigenvalue weighted by atomic mass is 9.99. The molecule has 3 N–H and O–H groups in total. The summed E-state index contributed by atoms with van der Waals surface area (Å²) in [5, 5.41) is 17.4. The van der Waals surface area contributed by atoms with Gasteiger partial charge in [-0.3, -0.25) is 0 Å². The molecule has 0 saturated heterocycles. The summed E-state index contributed by atoms with van der Waals surface area (Å²) in [6.07, 6.45) is 4.35. The van der Waals surface area contributed by atoms with E-state index in [0.717, 1.165) is 66.2 Å². The second kappa shape index (κ2) is 8.25. The van der Waals surface area contributed by atoms with E-state index in [1.807, 2.05) is 0 Å².